The molecule has 5 heteroatoms. The van der Waals surface area contributed by atoms with E-state index in [1.165, 1.54) is 4.88 Å². The lowest BCUT2D eigenvalue weighted by atomic mass is 10.0. The zero-order valence-corrected chi connectivity index (χ0v) is 13.6. The van der Waals surface area contributed by atoms with E-state index in [0.717, 1.165) is 37.2 Å². The van der Waals surface area contributed by atoms with Crippen LogP contribution in [0.1, 0.15) is 42.5 Å². The van der Waals surface area contributed by atoms with Gasteiger partial charge in [-0.3, -0.25) is 0 Å². The maximum atomic E-state index is 9.58. The third kappa shape index (κ3) is 3.22. The second-order valence-corrected chi connectivity index (χ2v) is 5.77. The summed E-state index contributed by atoms with van der Waals surface area (Å²) in [7, 11) is 0. The maximum Gasteiger partial charge on any atom is 0.169 e. The van der Waals surface area contributed by atoms with Gasteiger partial charge in [-0.25, -0.2) is 0 Å². The van der Waals surface area contributed by atoms with Gasteiger partial charge in [0.1, 0.15) is 11.6 Å². The predicted octanol–water partition coefficient (Wildman–Crippen LogP) is 3.56. The van der Waals surface area contributed by atoms with Crippen molar-refractivity contribution in [1.29, 1.82) is 5.26 Å². The van der Waals surface area contributed by atoms with E-state index in [-0.39, 0.29) is 0 Å². The third-order valence-electron chi connectivity index (χ3n) is 3.55. The van der Waals surface area contributed by atoms with Crippen molar-refractivity contribution in [2.24, 2.45) is 0 Å². The number of hydrogen-bond acceptors (Lipinski definition) is 5. The number of aryl methyl sites for hydroxylation is 1. The second-order valence-electron chi connectivity index (χ2n) is 4.74. The van der Waals surface area contributed by atoms with Crippen molar-refractivity contribution in [2.75, 3.05) is 11.4 Å². The summed E-state index contributed by atoms with van der Waals surface area (Å²) in [6, 6.07) is 6.49. The molecular weight excluding hydrogens is 280 g/mol. The Balaban J connectivity index is 2.44. The van der Waals surface area contributed by atoms with E-state index in [0.29, 0.717) is 11.4 Å². The first-order chi connectivity index (χ1) is 10.2. The number of thiophene rings is 1. The predicted molar refractivity (Wildman–Crippen MR) is 86.5 cm³/mol. The van der Waals surface area contributed by atoms with E-state index >= 15 is 0 Å². The monoisotopic (exact) mass is 300 g/mol. The molecule has 0 spiro atoms. The van der Waals surface area contributed by atoms with Crippen molar-refractivity contribution >= 4 is 17.2 Å². The second kappa shape index (κ2) is 7.19. The molecular formula is C16H20N4S. The highest BCUT2D eigenvalue weighted by Gasteiger charge is 2.18. The van der Waals surface area contributed by atoms with Crippen LogP contribution in [0.25, 0.3) is 0 Å². The number of hydrogen-bond donors (Lipinski definition) is 0. The van der Waals surface area contributed by atoms with Crippen LogP contribution in [-0.4, -0.2) is 16.7 Å². The van der Waals surface area contributed by atoms with Gasteiger partial charge < -0.3 is 4.90 Å². The lowest BCUT2D eigenvalue weighted by Crippen LogP contribution is -2.25. The highest BCUT2D eigenvalue weighted by Crippen LogP contribution is 2.25. The van der Waals surface area contributed by atoms with Gasteiger partial charge in [0.05, 0.1) is 12.2 Å². The molecule has 0 N–H and O–H groups in total. The molecule has 2 heterocycles. The van der Waals surface area contributed by atoms with Crippen LogP contribution in [0.2, 0.25) is 0 Å². The Hall–Kier alpha value is -1.93. The zero-order valence-electron chi connectivity index (χ0n) is 12.8. The smallest absolute Gasteiger partial charge is 0.169 e. The average Bonchev–Trinajstić information content (AvgIpc) is 3.04. The Morgan fingerprint density at radius 1 is 1.24 bits per heavy atom. The number of aromatic nitrogens is 2. The molecule has 0 atom stereocenters. The van der Waals surface area contributed by atoms with E-state index in [2.05, 4.69) is 46.5 Å². The molecule has 4 nitrogen and oxygen atoms in total. The Morgan fingerprint density at radius 2 is 2.05 bits per heavy atom. The van der Waals surface area contributed by atoms with Gasteiger partial charge in [0.2, 0.25) is 0 Å². The molecule has 0 saturated carbocycles. The fourth-order valence-electron chi connectivity index (χ4n) is 2.43. The van der Waals surface area contributed by atoms with Crippen LogP contribution in [0.4, 0.5) is 5.82 Å². The third-order valence-corrected chi connectivity index (χ3v) is 4.41. The molecule has 110 valence electrons. The first-order valence-corrected chi connectivity index (χ1v) is 8.18. The van der Waals surface area contributed by atoms with Gasteiger partial charge in [0.15, 0.2) is 5.82 Å². The summed E-state index contributed by atoms with van der Waals surface area (Å²) in [5.41, 5.74) is 2.65. The molecule has 0 unspecified atom stereocenters. The zero-order chi connectivity index (χ0) is 15.2. The average molecular weight is 300 g/mol. The molecule has 0 aliphatic rings. The number of nitrogens with zero attached hydrogens (tertiary/aromatic N) is 4. The van der Waals surface area contributed by atoms with E-state index in [1.54, 1.807) is 11.3 Å². The minimum atomic E-state index is 0.683. The fourth-order valence-corrected chi connectivity index (χ4v) is 3.15. The maximum absolute atomic E-state index is 9.58. The van der Waals surface area contributed by atoms with E-state index in [9.17, 15) is 5.26 Å². The summed E-state index contributed by atoms with van der Waals surface area (Å²) in [6.07, 6.45) is 1.62. The van der Waals surface area contributed by atoms with Gasteiger partial charge in [0.25, 0.3) is 0 Å². The molecule has 0 saturated heterocycles. The standard InChI is InChI=1S/C16H20N4S/c1-4-13-14(10-17)16(19-18-15(13)5-2)20(6-3)11-12-8-7-9-21-12/h7-9H,4-6,11H2,1-3H3. The molecule has 0 fully saturated rings. The number of anilines is 1. The molecule has 2 aromatic heterocycles. The molecule has 0 radical (unpaired) electrons. The molecule has 0 aliphatic heterocycles. The minimum absolute atomic E-state index is 0.683. The van der Waals surface area contributed by atoms with E-state index < -0.39 is 0 Å². The summed E-state index contributed by atoms with van der Waals surface area (Å²) in [6.45, 7) is 7.77. The highest BCUT2D eigenvalue weighted by molar-refractivity contribution is 7.09. The van der Waals surface area contributed by atoms with E-state index in [1.807, 2.05) is 13.0 Å². The topological polar surface area (TPSA) is 52.8 Å². The minimum Gasteiger partial charge on any atom is -0.349 e. The summed E-state index contributed by atoms with van der Waals surface area (Å²) in [4.78, 5) is 3.39. The molecule has 2 aromatic rings. The summed E-state index contributed by atoms with van der Waals surface area (Å²) in [5.74, 6) is 0.711. The molecule has 2 rings (SSSR count). The van der Waals surface area contributed by atoms with Gasteiger partial charge in [0, 0.05) is 11.4 Å². The first-order valence-electron chi connectivity index (χ1n) is 7.30. The van der Waals surface area contributed by atoms with Crippen LogP contribution in [0.3, 0.4) is 0 Å². The van der Waals surface area contributed by atoms with Crippen molar-refractivity contribution in [3.8, 4) is 6.07 Å². The Labute approximate surface area is 130 Å². The van der Waals surface area contributed by atoms with Crippen LogP contribution in [-0.2, 0) is 19.4 Å². The SMILES string of the molecule is CCc1nnc(N(CC)Cc2cccs2)c(C#N)c1CC. The van der Waals surface area contributed by atoms with Crippen molar-refractivity contribution in [1.82, 2.24) is 10.2 Å². The van der Waals surface area contributed by atoms with Crippen molar-refractivity contribution < 1.29 is 0 Å². The molecule has 0 amide bonds. The summed E-state index contributed by atoms with van der Waals surface area (Å²) < 4.78 is 0. The van der Waals surface area contributed by atoms with Crippen molar-refractivity contribution in [2.45, 2.75) is 40.2 Å². The van der Waals surface area contributed by atoms with Gasteiger partial charge in [-0.1, -0.05) is 19.9 Å². The van der Waals surface area contributed by atoms with Gasteiger partial charge in [-0.2, -0.15) is 10.4 Å². The fraction of sp³-hybridized carbons (Fsp3) is 0.438. The molecule has 0 aromatic carbocycles. The van der Waals surface area contributed by atoms with Crippen LogP contribution < -0.4 is 4.90 Å². The Morgan fingerprint density at radius 3 is 2.57 bits per heavy atom. The van der Waals surface area contributed by atoms with Gasteiger partial charge >= 0.3 is 0 Å². The number of nitriles is 1. The summed E-state index contributed by atoms with van der Waals surface area (Å²) >= 11 is 1.72. The highest BCUT2D eigenvalue weighted by atomic mass is 32.1. The first kappa shape index (κ1) is 15.5. The normalized spacial score (nSPS) is 10.4. The van der Waals surface area contributed by atoms with Gasteiger partial charge in [-0.05, 0) is 36.8 Å². The van der Waals surface area contributed by atoms with Crippen LogP contribution in [0, 0.1) is 11.3 Å². The van der Waals surface area contributed by atoms with Gasteiger partial charge in [-0.15, -0.1) is 16.4 Å². The molecule has 0 bridgehead atoms. The largest absolute Gasteiger partial charge is 0.349 e. The molecule has 0 aliphatic carbocycles. The summed E-state index contributed by atoms with van der Waals surface area (Å²) in [5, 5.41) is 20.3. The molecule has 21 heavy (non-hydrogen) atoms. The number of rotatable bonds is 6. The van der Waals surface area contributed by atoms with Crippen LogP contribution >= 0.6 is 11.3 Å². The van der Waals surface area contributed by atoms with Crippen molar-refractivity contribution in [3.05, 3.63) is 39.2 Å². The van der Waals surface area contributed by atoms with Crippen LogP contribution in [0.15, 0.2) is 17.5 Å². The Bertz CT molecular complexity index is 628. The van der Waals surface area contributed by atoms with Crippen LogP contribution in [0.5, 0.6) is 0 Å². The quantitative estimate of drug-likeness (QED) is 0.818. The van der Waals surface area contributed by atoms with Crippen molar-refractivity contribution in [3.63, 3.8) is 0 Å². The lowest BCUT2D eigenvalue weighted by Gasteiger charge is -2.23. The van der Waals surface area contributed by atoms with E-state index in [4.69, 9.17) is 0 Å². The lowest BCUT2D eigenvalue weighted by molar-refractivity contribution is 0.780. The Kier molecular flexibility index (Phi) is 5.29.